The number of benzene rings is 1. The predicted octanol–water partition coefficient (Wildman–Crippen LogP) is 0.986. The zero-order chi connectivity index (χ0) is 20.2. The SMILES string of the molecule is NC12CC1CN(S(=O)(=O)c1ccc(CNC(=O)c3ccc4nccn4c3)cc1)C2. The van der Waals surface area contributed by atoms with Crippen LogP contribution in [0, 0.1) is 5.92 Å². The maximum absolute atomic E-state index is 12.8. The van der Waals surface area contributed by atoms with Crippen molar-refractivity contribution in [2.45, 2.75) is 23.4 Å². The summed E-state index contributed by atoms with van der Waals surface area (Å²) in [6.45, 7) is 1.19. The molecule has 1 aromatic carbocycles. The quantitative estimate of drug-likeness (QED) is 0.651. The second-order valence-electron chi connectivity index (χ2n) is 7.87. The standard InChI is InChI=1S/C20H21N5O3S/c21-20-9-16(20)12-25(13-20)29(27,28)17-4-1-14(2-5-17)10-23-19(26)15-3-6-18-22-7-8-24(18)11-15/h1-8,11,16H,9-10,12-13,21H2,(H,23,26). The number of fused-ring (bicyclic) bond motifs is 2. The molecule has 5 rings (SSSR count). The normalized spacial score (nSPS) is 23.8. The van der Waals surface area contributed by atoms with Gasteiger partial charge >= 0.3 is 0 Å². The summed E-state index contributed by atoms with van der Waals surface area (Å²) in [4.78, 5) is 16.8. The molecule has 1 aliphatic heterocycles. The molecule has 2 fully saturated rings. The molecule has 1 aliphatic carbocycles. The molecule has 2 atom stereocenters. The highest BCUT2D eigenvalue weighted by atomic mass is 32.2. The summed E-state index contributed by atoms with van der Waals surface area (Å²) in [6, 6.07) is 10.1. The summed E-state index contributed by atoms with van der Waals surface area (Å²) in [7, 11) is -3.53. The van der Waals surface area contributed by atoms with E-state index in [1.165, 1.54) is 4.31 Å². The van der Waals surface area contributed by atoms with Crippen LogP contribution in [0.5, 0.6) is 0 Å². The second-order valence-corrected chi connectivity index (χ2v) is 9.81. The Bertz CT molecular complexity index is 1200. The highest BCUT2D eigenvalue weighted by Gasteiger charge is 2.59. The van der Waals surface area contributed by atoms with E-state index in [9.17, 15) is 13.2 Å². The fraction of sp³-hybridized carbons (Fsp3) is 0.300. The Balaban J connectivity index is 1.24. The third-order valence-electron chi connectivity index (χ3n) is 5.84. The molecule has 2 aliphatic rings. The van der Waals surface area contributed by atoms with Gasteiger partial charge in [-0.3, -0.25) is 4.79 Å². The number of pyridine rings is 1. The number of nitrogens with two attached hydrogens (primary N) is 1. The maximum Gasteiger partial charge on any atom is 0.253 e. The van der Waals surface area contributed by atoms with Gasteiger partial charge in [0.2, 0.25) is 10.0 Å². The molecule has 9 heteroatoms. The highest BCUT2D eigenvalue weighted by Crippen LogP contribution is 2.48. The highest BCUT2D eigenvalue weighted by molar-refractivity contribution is 7.89. The fourth-order valence-corrected chi connectivity index (χ4v) is 5.49. The first-order chi connectivity index (χ1) is 13.8. The van der Waals surface area contributed by atoms with Gasteiger partial charge in [-0.15, -0.1) is 0 Å². The molecule has 0 spiro atoms. The molecule has 1 amide bonds. The van der Waals surface area contributed by atoms with Crippen LogP contribution >= 0.6 is 0 Å². The van der Waals surface area contributed by atoms with E-state index >= 15 is 0 Å². The number of rotatable bonds is 5. The van der Waals surface area contributed by atoms with Crippen LogP contribution in [0.3, 0.4) is 0 Å². The first kappa shape index (κ1) is 18.3. The van der Waals surface area contributed by atoms with Gasteiger partial charge in [-0.1, -0.05) is 12.1 Å². The van der Waals surface area contributed by atoms with E-state index < -0.39 is 10.0 Å². The van der Waals surface area contributed by atoms with Gasteiger partial charge in [0, 0.05) is 43.8 Å². The number of piperidine rings is 1. The van der Waals surface area contributed by atoms with Crippen LogP contribution in [0.2, 0.25) is 0 Å². The van der Waals surface area contributed by atoms with Gasteiger partial charge in [-0.25, -0.2) is 13.4 Å². The molecule has 3 heterocycles. The molecule has 0 bridgehead atoms. The smallest absolute Gasteiger partial charge is 0.253 e. The van der Waals surface area contributed by atoms with E-state index in [0.717, 1.165) is 17.6 Å². The number of aromatic nitrogens is 2. The number of amides is 1. The number of nitrogens with zero attached hydrogens (tertiary/aromatic N) is 3. The molecule has 3 N–H and O–H groups in total. The number of hydrogen-bond acceptors (Lipinski definition) is 5. The van der Waals surface area contributed by atoms with E-state index in [-0.39, 0.29) is 22.3 Å². The lowest BCUT2D eigenvalue weighted by Crippen LogP contribution is -2.37. The van der Waals surface area contributed by atoms with Crippen molar-refractivity contribution in [3.05, 3.63) is 66.1 Å². The van der Waals surface area contributed by atoms with Gasteiger partial charge in [0.05, 0.1) is 10.5 Å². The molecule has 150 valence electrons. The zero-order valence-corrected chi connectivity index (χ0v) is 16.5. The molecule has 0 radical (unpaired) electrons. The van der Waals surface area contributed by atoms with E-state index in [0.29, 0.717) is 25.2 Å². The number of carbonyl (C=O) groups is 1. The van der Waals surface area contributed by atoms with Crippen LogP contribution in [0.25, 0.3) is 5.65 Å². The van der Waals surface area contributed by atoms with Crippen LogP contribution in [0.15, 0.2) is 59.9 Å². The van der Waals surface area contributed by atoms with Gasteiger partial charge in [0.15, 0.2) is 0 Å². The van der Waals surface area contributed by atoms with Crippen LogP contribution in [0.1, 0.15) is 22.3 Å². The average Bonchev–Trinajstić information content (AvgIpc) is 3.06. The van der Waals surface area contributed by atoms with Crippen molar-refractivity contribution in [2.75, 3.05) is 13.1 Å². The van der Waals surface area contributed by atoms with Crippen molar-refractivity contribution < 1.29 is 13.2 Å². The molecule has 2 aromatic heterocycles. The average molecular weight is 411 g/mol. The largest absolute Gasteiger partial charge is 0.348 e. The molecule has 3 aromatic rings. The van der Waals surface area contributed by atoms with Crippen molar-refractivity contribution in [3.63, 3.8) is 0 Å². The van der Waals surface area contributed by atoms with E-state index in [2.05, 4.69) is 10.3 Å². The Hall–Kier alpha value is -2.75. The van der Waals surface area contributed by atoms with Gasteiger partial charge < -0.3 is 15.5 Å². The number of nitrogens with one attached hydrogen (secondary N) is 1. The minimum absolute atomic E-state index is 0.207. The third kappa shape index (κ3) is 3.21. The van der Waals surface area contributed by atoms with Crippen LogP contribution < -0.4 is 11.1 Å². The van der Waals surface area contributed by atoms with Crippen LogP contribution in [-0.2, 0) is 16.6 Å². The summed E-state index contributed by atoms with van der Waals surface area (Å²) in [5.41, 5.74) is 7.93. The predicted molar refractivity (Wildman–Crippen MR) is 107 cm³/mol. The topological polar surface area (TPSA) is 110 Å². The number of sulfonamides is 1. The molecule has 29 heavy (non-hydrogen) atoms. The first-order valence-electron chi connectivity index (χ1n) is 9.44. The molecule has 1 saturated heterocycles. The van der Waals surface area contributed by atoms with E-state index in [1.54, 1.807) is 59.4 Å². The van der Waals surface area contributed by atoms with Crippen molar-refractivity contribution in [2.24, 2.45) is 11.7 Å². The summed E-state index contributed by atoms with van der Waals surface area (Å²) < 4.78 is 28.8. The van der Waals surface area contributed by atoms with Crippen molar-refractivity contribution in [1.29, 1.82) is 0 Å². The fourth-order valence-electron chi connectivity index (χ4n) is 3.93. The molecular weight excluding hydrogens is 390 g/mol. The molecule has 2 unspecified atom stereocenters. The Labute approximate surface area is 168 Å². The first-order valence-corrected chi connectivity index (χ1v) is 10.9. The van der Waals surface area contributed by atoms with Crippen LogP contribution in [0.4, 0.5) is 0 Å². The van der Waals surface area contributed by atoms with Gasteiger partial charge in [-0.05, 0) is 42.2 Å². The molecule has 1 saturated carbocycles. The third-order valence-corrected chi connectivity index (χ3v) is 7.67. The Kier molecular flexibility index (Phi) is 4.02. The van der Waals surface area contributed by atoms with Gasteiger partial charge in [0.1, 0.15) is 5.65 Å². The van der Waals surface area contributed by atoms with Crippen molar-refractivity contribution in [1.82, 2.24) is 19.0 Å². The summed E-state index contributed by atoms with van der Waals surface area (Å²) in [6.07, 6.45) is 6.08. The summed E-state index contributed by atoms with van der Waals surface area (Å²) in [5.74, 6) is 0.0788. The Morgan fingerprint density at radius 2 is 2.03 bits per heavy atom. The van der Waals surface area contributed by atoms with Crippen molar-refractivity contribution >= 4 is 21.6 Å². The lowest BCUT2D eigenvalue weighted by atomic mass is 10.2. The monoisotopic (exact) mass is 411 g/mol. The molecular formula is C20H21N5O3S. The Morgan fingerprint density at radius 1 is 1.24 bits per heavy atom. The minimum Gasteiger partial charge on any atom is -0.348 e. The van der Waals surface area contributed by atoms with E-state index in [4.69, 9.17) is 5.73 Å². The zero-order valence-electron chi connectivity index (χ0n) is 15.7. The number of carbonyl (C=O) groups excluding carboxylic acids is 1. The Morgan fingerprint density at radius 3 is 2.76 bits per heavy atom. The van der Waals surface area contributed by atoms with Crippen LogP contribution in [-0.4, -0.2) is 46.6 Å². The lowest BCUT2D eigenvalue weighted by Gasteiger charge is -2.19. The number of hydrogen-bond donors (Lipinski definition) is 2. The van der Waals surface area contributed by atoms with Gasteiger partial charge in [-0.2, -0.15) is 4.31 Å². The van der Waals surface area contributed by atoms with E-state index in [1.807, 2.05) is 0 Å². The summed E-state index contributed by atoms with van der Waals surface area (Å²) >= 11 is 0. The number of imidazole rings is 1. The maximum atomic E-state index is 12.8. The van der Waals surface area contributed by atoms with Crippen molar-refractivity contribution in [3.8, 4) is 0 Å². The van der Waals surface area contributed by atoms with Gasteiger partial charge in [0.25, 0.3) is 5.91 Å². The second kappa shape index (κ2) is 6.38. The lowest BCUT2D eigenvalue weighted by molar-refractivity contribution is 0.0950. The minimum atomic E-state index is -3.53. The summed E-state index contributed by atoms with van der Waals surface area (Å²) in [5, 5.41) is 2.85. The molecule has 8 nitrogen and oxygen atoms in total.